The van der Waals surface area contributed by atoms with Gasteiger partial charge in [0.15, 0.2) is 11.6 Å². The van der Waals surface area contributed by atoms with Crippen molar-refractivity contribution in [2.45, 2.75) is 39.5 Å². The zero-order chi connectivity index (χ0) is 14.2. The summed E-state index contributed by atoms with van der Waals surface area (Å²) in [7, 11) is 0. The molecule has 2 aromatic heterocycles. The highest BCUT2D eigenvalue weighted by molar-refractivity contribution is 14.1. The first-order chi connectivity index (χ1) is 8.82. The van der Waals surface area contributed by atoms with E-state index in [1.54, 1.807) is 0 Å². The van der Waals surface area contributed by atoms with Crippen LogP contribution in [0.3, 0.4) is 0 Å². The van der Waals surface area contributed by atoms with Crippen molar-refractivity contribution >= 4 is 22.6 Å². The molecule has 5 heteroatoms. The van der Waals surface area contributed by atoms with Gasteiger partial charge >= 0.3 is 0 Å². The van der Waals surface area contributed by atoms with Crippen LogP contribution in [0.2, 0.25) is 0 Å². The van der Waals surface area contributed by atoms with Crippen LogP contribution in [0, 0.1) is 3.57 Å². The largest absolute Gasteiger partial charge is 0.458 e. The first-order valence-electron chi connectivity index (χ1n) is 6.22. The van der Waals surface area contributed by atoms with Gasteiger partial charge in [0.25, 0.3) is 5.56 Å². The molecule has 2 rings (SSSR count). The zero-order valence-corrected chi connectivity index (χ0v) is 13.7. The van der Waals surface area contributed by atoms with E-state index in [2.05, 4.69) is 9.97 Å². The van der Waals surface area contributed by atoms with Crippen molar-refractivity contribution in [3.05, 3.63) is 37.5 Å². The molecule has 0 amide bonds. The summed E-state index contributed by atoms with van der Waals surface area (Å²) in [6, 6.07) is 3.75. The Hall–Kier alpha value is -1.11. The van der Waals surface area contributed by atoms with E-state index in [4.69, 9.17) is 4.42 Å². The van der Waals surface area contributed by atoms with Gasteiger partial charge in [0.2, 0.25) is 0 Å². The number of hydrogen-bond donors (Lipinski definition) is 1. The van der Waals surface area contributed by atoms with Crippen molar-refractivity contribution in [3.63, 3.8) is 0 Å². The first-order valence-corrected chi connectivity index (χ1v) is 7.30. The van der Waals surface area contributed by atoms with Gasteiger partial charge in [-0.15, -0.1) is 0 Å². The summed E-state index contributed by atoms with van der Waals surface area (Å²) in [5.41, 5.74) is 0.492. The van der Waals surface area contributed by atoms with Gasteiger partial charge in [-0.1, -0.05) is 27.7 Å². The minimum Gasteiger partial charge on any atom is -0.458 e. The van der Waals surface area contributed by atoms with Crippen molar-refractivity contribution < 1.29 is 4.42 Å². The van der Waals surface area contributed by atoms with Crippen LogP contribution in [0.5, 0.6) is 0 Å². The normalized spacial score (nSPS) is 11.8. The number of aryl methyl sites for hydroxylation is 1. The number of halogens is 1. The fourth-order valence-corrected chi connectivity index (χ4v) is 2.83. The van der Waals surface area contributed by atoms with E-state index in [1.165, 1.54) is 0 Å². The van der Waals surface area contributed by atoms with Gasteiger partial charge in [-0.3, -0.25) is 4.79 Å². The molecule has 1 N–H and O–H groups in total. The van der Waals surface area contributed by atoms with E-state index in [0.717, 1.165) is 17.9 Å². The summed E-state index contributed by atoms with van der Waals surface area (Å²) in [5, 5.41) is 0. The van der Waals surface area contributed by atoms with Gasteiger partial charge < -0.3 is 9.40 Å². The van der Waals surface area contributed by atoms with Crippen LogP contribution in [0.4, 0.5) is 0 Å². The molecule has 0 atom stereocenters. The zero-order valence-electron chi connectivity index (χ0n) is 11.5. The molecule has 0 bridgehead atoms. The summed E-state index contributed by atoms with van der Waals surface area (Å²) in [5.74, 6) is 1.99. The Balaban J connectivity index is 2.60. The van der Waals surface area contributed by atoms with Crippen molar-refractivity contribution in [3.8, 4) is 11.6 Å². The van der Waals surface area contributed by atoms with Gasteiger partial charge in [-0.05, 0) is 34.7 Å². The Morgan fingerprint density at radius 1 is 1.37 bits per heavy atom. The third-order valence-electron chi connectivity index (χ3n) is 2.82. The van der Waals surface area contributed by atoms with Crippen molar-refractivity contribution in [2.75, 3.05) is 0 Å². The monoisotopic (exact) mass is 372 g/mol. The molecular formula is C14H17IN2O2. The number of aromatic nitrogens is 2. The molecule has 102 valence electrons. The number of hydrogen-bond acceptors (Lipinski definition) is 3. The minimum absolute atomic E-state index is 0.120. The maximum Gasteiger partial charge on any atom is 0.264 e. The van der Waals surface area contributed by atoms with Crippen LogP contribution < -0.4 is 5.56 Å². The smallest absolute Gasteiger partial charge is 0.264 e. The predicted molar refractivity (Wildman–Crippen MR) is 83.4 cm³/mol. The first kappa shape index (κ1) is 14.3. The van der Waals surface area contributed by atoms with E-state index in [0.29, 0.717) is 15.2 Å². The molecule has 4 nitrogen and oxygen atoms in total. The fraction of sp³-hybridized carbons (Fsp3) is 0.429. The molecule has 0 aliphatic rings. The third kappa shape index (κ3) is 2.91. The Morgan fingerprint density at radius 3 is 2.58 bits per heavy atom. The molecule has 0 saturated heterocycles. The number of aromatic amines is 1. The number of nitrogens with zero attached hydrogens (tertiary/aromatic N) is 1. The highest BCUT2D eigenvalue weighted by atomic mass is 127. The van der Waals surface area contributed by atoms with E-state index >= 15 is 0 Å². The lowest BCUT2D eigenvalue weighted by atomic mass is 9.92. The predicted octanol–water partition coefficient (Wildman–Crippen LogP) is 3.49. The van der Waals surface area contributed by atoms with E-state index in [1.807, 2.05) is 62.4 Å². The highest BCUT2D eigenvalue weighted by Crippen LogP contribution is 2.26. The summed E-state index contributed by atoms with van der Waals surface area (Å²) in [6.45, 7) is 8.15. The Kier molecular flexibility index (Phi) is 3.85. The van der Waals surface area contributed by atoms with Crippen molar-refractivity contribution in [2.24, 2.45) is 0 Å². The Bertz CT molecular complexity index is 650. The second-order valence-corrected chi connectivity index (χ2v) is 6.53. The summed E-state index contributed by atoms with van der Waals surface area (Å²) in [4.78, 5) is 19.4. The molecule has 2 aromatic rings. The molecule has 0 fully saturated rings. The van der Waals surface area contributed by atoms with Crippen LogP contribution >= 0.6 is 22.6 Å². The molecule has 0 saturated carbocycles. The highest BCUT2D eigenvalue weighted by Gasteiger charge is 2.23. The van der Waals surface area contributed by atoms with E-state index in [-0.39, 0.29) is 11.0 Å². The lowest BCUT2D eigenvalue weighted by molar-refractivity contribution is 0.520. The number of H-pyrrole nitrogens is 1. The molecule has 0 aliphatic heterocycles. The van der Waals surface area contributed by atoms with Crippen LogP contribution in [0.25, 0.3) is 11.6 Å². The quantitative estimate of drug-likeness (QED) is 0.821. The summed E-state index contributed by atoms with van der Waals surface area (Å²) in [6.07, 6.45) is 0.820. The SMILES string of the molecule is CCc1ccc(-c2nc(C(C)(C)C)c(I)c(=O)[nH]2)o1. The molecule has 0 unspecified atom stereocenters. The van der Waals surface area contributed by atoms with Gasteiger partial charge in [0, 0.05) is 11.8 Å². The summed E-state index contributed by atoms with van der Waals surface area (Å²) < 4.78 is 6.28. The van der Waals surface area contributed by atoms with Gasteiger partial charge in [0.1, 0.15) is 9.33 Å². The van der Waals surface area contributed by atoms with Crippen molar-refractivity contribution in [1.82, 2.24) is 9.97 Å². The van der Waals surface area contributed by atoms with E-state index < -0.39 is 0 Å². The molecular weight excluding hydrogens is 355 g/mol. The average Bonchev–Trinajstić information content (AvgIpc) is 2.79. The molecule has 0 radical (unpaired) electrons. The second-order valence-electron chi connectivity index (χ2n) is 5.45. The van der Waals surface area contributed by atoms with Crippen LogP contribution in [0.1, 0.15) is 39.1 Å². The van der Waals surface area contributed by atoms with Gasteiger partial charge in [0.05, 0.1) is 5.69 Å². The molecule has 2 heterocycles. The van der Waals surface area contributed by atoms with E-state index in [9.17, 15) is 4.79 Å². The molecule has 19 heavy (non-hydrogen) atoms. The number of rotatable bonds is 2. The maximum absolute atomic E-state index is 12.0. The molecule has 0 spiro atoms. The van der Waals surface area contributed by atoms with Gasteiger partial charge in [-0.25, -0.2) is 4.98 Å². The summed E-state index contributed by atoms with van der Waals surface area (Å²) >= 11 is 2.04. The second kappa shape index (κ2) is 5.11. The lowest BCUT2D eigenvalue weighted by Crippen LogP contribution is -2.24. The standard InChI is InChI=1S/C14H17IN2O2/c1-5-8-6-7-9(19-8)12-16-11(14(2,3)4)10(15)13(18)17-12/h6-7H,5H2,1-4H3,(H,16,17,18). The minimum atomic E-state index is -0.181. The third-order valence-corrected chi connectivity index (χ3v) is 3.82. The lowest BCUT2D eigenvalue weighted by Gasteiger charge is -2.19. The van der Waals surface area contributed by atoms with Crippen LogP contribution in [-0.4, -0.2) is 9.97 Å². The maximum atomic E-state index is 12.0. The Morgan fingerprint density at radius 2 is 2.05 bits per heavy atom. The van der Waals surface area contributed by atoms with Crippen LogP contribution in [0.15, 0.2) is 21.3 Å². The Labute approximate surface area is 125 Å². The average molecular weight is 372 g/mol. The van der Waals surface area contributed by atoms with Crippen LogP contribution in [-0.2, 0) is 11.8 Å². The van der Waals surface area contributed by atoms with Gasteiger partial charge in [-0.2, -0.15) is 0 Å². The van der Waals surface area contributed by atoms with Crippen molar-refractivity contribution in [1.29, 1.82) is 0 Å². The fourth-order valence-electron chi connectivity index (χ4n) is 1.77. The topological polar surface area (TPSA) is 58.9 Å². The molecule has 0 aliphatic carbocycles. The number of furan rings is 1. The number of nitrogens with one attached hydrogen (secondary N) is 1. The molecule has 0 aromatic carbocycles.